The molecule has 0 bridgehead atoms. The SMILES string of the molecule is CCn1cc(-c2cccnc2)nc1C=O. The van der Waals surface area contributed by atoms with E-state index in [1.54, 1.807) is 12.4 Å². The monoisotopic (exact) mass is 201 g/mol. The van der Waals surface area contributed by atoms with Gasteiger partial charge >= 0.3 is 0 Å². The van der Waals surface area contributed by atoms with Crippen LogP contribution in [0, 0.1) is 0 Å². The first kappa shape index (κ1) is 9.58. The van der Waals surface area contributed by atoms with Crippen LogP contribution in [0.4, 0.5) is 0 Å². The molecule has 0 saturated carbocycles. The van der Waals surface area contributed by atoms with Crippen LogP contribution < -0.4 is 0 Å². The predicted octanol–water partition coefficient (Wildman–Crippen LogP) is 1.78. The molecular weight excluding hydrogens is 190 g/mol. The van der Waals surface area contributed by atoms with Crippen LogP contribution in [0.5, 0.6) is 0 Å². The fraction of sp³-hybridized carbons (Fsp3) is 0.182. The van der Waals surface area contributed by atoms with E-state index in [0.29, 0.717) is 5.82 Å². The Hall–Kier alpha value is -1.97. The quantitative estimate of drug-likeness (QED) is 0.711. The van der Waals surface area contributed by atoms with Crippen LogP contribution in [0.25, 0.3) is 11.3 Å². The second-order valence-corrected chi connectivity index (χ2v) is 3.13. The van der Waals surface area contributed by atoms with E-state index in [4.69, 9.17) is 0 Å². The second kappa shape index (κ2) is 4.04. The van der Waals surface area contributed by atoms with Crippen molar-refractivity contribution < 1.29 is 4.79 Å². The molecule has 2 heterocycles. The van der Waals surface area contributed by atoms with E-state index in [0.717, 1.165) is 24.1 Å². The molecule has 0 amide bonds. The first-order valence-electron chi connectivity index (χ1n) is 4.78. The summed E-state index contributed by atoms with van der Waals surface area (Å²) in [6.07, 6.45) is 6.07. The lowest BCUT2D eigenvalue weighted by Gasteiger charge is -1.95. The maximum absolute atomic E-state index is 10.7. The maximum Gasteiger partial charge on any atom is 0.185 e. The molecule has 4 nitrogen and oxygen atoms in total. The van der Waals surface area contributed by atoms with Crippen LogP contribution in [0.15, 0.2) is 30.7 Å². The Bertz CT molecular complexity index is 462. The molecule has 0 unspecified atom stereocenters. The normalized spacial score (nSPS) is 10.2. The lowest BCUT2D eigenvalue weighted by Crippen LogP contribution is -1.98. The topological polar surface area (TPSA) is 47.8 Å². The standard InChI is InChI=1S/C11H11N3O/c1-2-14-7-10(13-11(14)8-15)9-4-3-5-12-6-9/h3-8H,2H2,1H3. The Morgan fingerprint density at radius 3 is 2.93 bits per heavy atom. The van der Waals surface area contributed by atoms with Gasteiger partial charge in [-0.1, -0.05) is 0 Å². The predicted molar refractivity (Wildman–Crippen MR) is 56.5 cm³/mol. The highest BCUT2D eigenvalue weighted by Gasteiger charge is 2.07. The van der Waals surface area contributed by atoms with E-state index < -0.39 is 0 Å². The van der Waals surface area contributed by atoms with E-state index in [9.17, 15) is 4.79 Å². The molecule has 0 aliphatic carbocycles. The van der Waals surface area contributed by atoms with Crippen molar-refractivity contribution >= 4 is 6.29 Å². The number of aldehydes is 1. The summed E-state index contributed by atoms with van der Waals surface area (Å²) in [6.45, 7) is 2.71. The molecule has 2 aromatic rings. The van der Waals surface area contributed by atoms with Crippen LogP contribution in [0.1, 0.15) is 17.5 Å². The van der Waals surface area contributed by atoms with Gasteiger partial charge in [-0.2, -0.15) is 0 Å². The minimum atomic E-state index is 0.455. The molecule has 0 saturated heterocycles. The fourth-order valence-electron chi connectivity index (χ4n) is 1.43. The Balaban J connectivity index is 2.46. The van der Waals surface area contributed by atoms with Crippen LogP contribution in [0.2, 0.25) is 0 Å². The van der Waals surface area contributed by atoms with Gasteiger partial charge < -0.3 is 4.57 Å². The summed E-state index contributed by atoms with van der Waals surface area (Å²) in [5.41, 5.74) is 1.71. The van der Waals surface area contributed by atoms with Gasteiger partial charge in [-0.25, -0.2) is 4.98 Å². The molecule has 2 aromatic heterocycles. The van der Waals surface area contributed by atoms with Gasteiger partial charge in [0.2, 0.25) is 0 Å². The zero-order chi connectivity index (χ0) is 10.7. The lowest BCUT2D eigenvalue weighted by atomic mass is 10.2. The smallest absolute Gasteiger partial charge is 0.185 e. The summed E-state index contributed by atoms with van der Waals surface area (Å²) in [4.78, 5) is 19.0. The minimum Gasteiger partial charge on any atom is -0.328 e. The Morgan fingerprint density at radius 1 is 1.53 bits per heavy atom. The number of hydrogen-bond donors (Lipinski definition) is 0. The first-order valence-corrected chi connectivity index (χ1v) is 4.78. The summed E-state index contributed by atoms with van der Waals surface area (Å²) < 4.78 is 1.81. The van der Waals surface area contributed by atoms with Crippen molar-refractivity contribution in [3.8, 4) is 11.3 Å². The highest BCUT2D eigenvalue weighted by Crippen LogP contribution is 2.16. The van der Waals surface area contributed by atoms with Crippen LogP contribution >= 0.6 is 0 Å². The fourth-order valence-corrected chi connectivity index (χ4v) is 1.43. The zero-order valence-electron chi connectivity index (χ0n) is 8.42. The highest BCUT2D eigenvalue weighted by molar-refractivity contribution is 5.72. The molecule has 0 aromatic carbocycles. The first-order chi connectivity index (χ1) is 7.35. The van der Waals surface area contributed by atoms with Gasteiger partial charge in [-0.05, 0) is 19.1 Å². The second-order valence-electron chi connectivity index (χ2n) is 3.13. The van der Waals surface area contributed by atoms with E-state index in [1.165, 1.54) is 0 Å². The number of carbonyl (C=O) groups excluding carboxylic acids is 1. The maximum atomic E-state index is 10.7. The summed E-state index contributed by atoms with van der Waals surface area (Å²) >= 11 is 0. The average Bonchev–Trinajstić information content (AvgIpc) is 2.73. The van der Waals surface area contributed by atoms with E-state index in [-0.39, 0.29) is 0 Å². The van der Waals surface area contributed by atoms with Crippen molar-refractivity contribution in [3.05, 3.63) is 36.5 Å². The van der Waals surface area contributed by atoms with Crippen molar-refractivity contribution in [3.63, 3.8) is 0 Å². The van der Waals surface area contributed by atoms with Gasteiger partial charge in [0.25, 0.3) is 0 Å². The summed E-state index contributed by atoms with van der Waals surface area (Å²) in [6, 6.07) is 3.77. The van der Waals surface area contributed by atoms with Gasteiger partial charge in [0.05, 0.1) is 5.69 Å². The lowest BCUT2D eigenvalue weighted by molar-refractivity contribution is 0.111. The van der Waals surface area contributed by atoms with Gasteiger partial charge in [-0.3, -0.25) is 9.78 Å². The molecule has 4 heteroatoms. The summed E-state index contributed by atoms with van der Waals surface area (Å²) in [5.74, 6) is 0.455. The summed E-state index contributed by atoms with van der Waals surface area (Å²) in [7, 11) is 0. The molecule has 0 aliphatic rings. The number of nitrogens with zero attached hydrogens (tertiary/aromatic N) is 3. The number of carbonyl (C=O) groups is 1. The molecule has 0 N–H and O–H groups in total. The zero-order valence-corrected chi connectivity index (χ0v) is 8.42. The number of aryl methyl sites for hydroxylation is 1. The molecule has 0 atom stereocenters. The molecule has 0 radical (unpaired) electrons. The number of hydrogen-bond acceptors (Lipinski definition) is 3. The molecular formula is C11H11N3O. The van der Waals surface area contributed by atoms with E-state index >= 15 is 0 Å². The van der Waals surface area contributed by atoms with Crippen molar-refractivity contribution in [2.75, 3.05) is 0 Å². The highest BCUT2D eigenvalue weighted by atomic mass is 16.1. The van der Waals surface area contributed by atoms with E-state index in [1.807, 2.05) is 29.8 Å². The third-order valence-corrected chi connectivity index (χ3v) is 2.21. The number of rotatable bonds is 3. The van der Waals surface area contributed by atoms with Crippen LogP contribution in [0.3, 0.4) is 0 Å². The third kappa shape index (κ3) is 1.79. The van der Waals surface area contributed by atoms with Crippen LogP contribution in [-0.4, -0.2) is 20.8 Å². The molecule has 15 heavy (non-hydrogen) atoms. The van der Waals surface area contributed by atoms with Gasteiger partial charge in [0, 0.05) is 30.7 Å². The molecule has 76 valence electrons. The summed E-state index contributed by atoms with van der Waals surface area (Å²) in [5, 5.41) is 0. The van der Waals surface area contributed by atoms with Gasteiger partial charge in [0.1, 0.15) is 0 Å². The third-order valence-electron chi connectivity index (χ3n) is 2.21. The number of pyridine rings is 1. The number of aromatic nitrogens is 3. The van der Waals surface area contributed by atoms with Crippen molar-refractivity contribution in [2.45, 2.75) is 13.5 Å². The molecule has 0 aliphatic heterocycles. The van der Waals surface area contributed by atoms with Gasteiger partial charge in [-0.15, -0.1) is 0 Å². The van der Waals surface area contributed by atoms with Crippen molar-refractivity contribution in [1.82, 2.24) is 14.5 Å². The molecule has 0 spiro atoms. The van der Waals surface area contributed by atoms with Crippen molar-refractivity contribution in [2.24, 2.45) is 0 Å². The minimum absolute atomic E-state index is 0.455. The Kier molecular flexibility index (Phi) is 2.58. The van der Waals surface area contributed by atoms with Gasteiger partial charge in [0.15, 0.2) is 12.1 Å². The van der Waals surface area contributed by atoms with E-state index in [2.05, 4.69) is 9.97 Å². The Labute approximate surface area is 87.6 Å². The van der Waals surface area contributed by atoms with Crippen molar-refractivity contribution in [1.29, 1.82) is 0 Å². The Morgan fingerprint density at radius 2 is 2.40 bits per heavy atom. The number of imidazole rings is 1. The van der Waals surface area contributed by atoms with Crippen LogP contribution in [-0.2, 0) is 6.54 Å². The largest absolute Gasteiger partial charge is 0.328 e. The average molecular weight is 201 g/mol. The molecule has 0 fully saturated rings. The molecule has 2 rings (SSSR count).